The summed E-state index contributed by atoms with van der Waals surface area (Å²) in [5, 5.41) is 20.3. The Morgan fingerprint density at radius 1 is 1.48 bits per heavy atom. The standard InChI is InChI=1S/C15H16F3N3O2/c16-15(17,18)13-6-12(4-3-11(13)7-19)20-14(23)21-5-1-2-10(8-21)9-22/h3-4,6,10,22H,1-2,5,8-9H2,(H,20,23)/t10-/m0/s1. The highest BCUT2D eigenvalue weighted by molar-refractivity contribution is 5.89. The third-order valence-corrected chi connectivity index (χ3v) is 3.76. The van der Waals surface area contributed by atoms with Gasteiger partial charge in [-0.2, -0.15) is 18.4 Å². The molecule has 1 fully saturated rings. The van der Waals surface area contributed by atoms with Gasteiger partial charge < -0.3 is 15.3 Å². The van der Waals surface area contributed by atoms with E-state index in [1.165, 1.54) is 17.0 Å². The molecule has 0 bridgehead atoms. The van der Waals surface area contributed by atoms with Crippen LogP contribution in [0.3, 0.4) is 0 Å². The van der Waals surface area contributed by atoms with Gasteiger partial charge in [0.05, 0.1) is 17.2 Å². The van der Waals surface area contributed by atoms with Crippen molar-refractivity contribution in [1.82, 2.24) is 4.90 Å². The van der Waals surface area contributed by atoms with Crippen LogP contribution in [0.25, 0.3) is 0 Å². The maximum absolute atomic E-state index is 12.9. The number of alkyl halides is 3. The summed E-state index contributed by atoms with van der Waals surface area (Å²) in [4.78, 5) is 13.6. The van der Waals surface area contributed by atoms with Crippen LogP contribution in [0, 0.1) is 17.2 Å². The van der Waals surface area contributed by atoms with Crippen LogP contribution < -0.4 is 5.32 Å². The fourth-order valence-corrected chi connectivity index (χ4v) is 2.56. The molecule has 1 aliphatic rings. The summed E-state index contributed by atoms with van der Waals surface area (Å²) >= 11 is 0. The van der Waals surface area contributed by atoms with E-state index in [4.69, 9.17) is 10.4 Å². The fourth-order valence-electron chi connectivity index (χ4n) is 2.56. The van der Waals surface area contributed by atoms with Crippen LogP contribution in [0.1, 0.15) is 24.0 Å². The molecule has 0 saturated carbocycles. The van der Waals surface area contributed by atoms with Crippen molar-refractivity contribution in [3.05, 3.63) is 29.3 Å². The maximum Gasteiger partial charge on any atom is 0.417 e. The lowest BCUT2D eigenvalue weighted by Crippen LogP contribution is -2.43. The number of nitriles is 1. The van der Waals surface area contributed by atoms with Crippen LogP contribution in [0.4, 0.5) is 23.7 Å². The van der Waals surface area contributed by atoms with Crippen LogP contribution in [0.5, 0.6) is 0 Å². The normalized spacial score (nSPS) is 18.4. The van der Waals surface area contributed by atoms with E-state index in [1.54, 1.807) is 0 Å². The predicted octanol–water partition coefficient (Wildman–Crippen LogP) is 2.81. The molecule has 1 aromatic rings. The first-order chi connectivity index (χ1) is 10.8. The van der Waals surface area contributed by atoms with E-state index in [2.05, 4.69) is 5.32 Å². The SMILES string of the molecule is N#Cc1ccc(NC(=O)N2CCC[C@H](CO)C2)cc1C(F)(F)F. The number of benzene rings is 1. The van der Waals surface area contributed by atoms with Gasteiger partial charge in [-0.05, 0) is 37.0 Å². The first kappa shape index (κ1) is 17.1. The topological polar surface area (TPSA) is 76.4 Å². The number of anilines is 1. The predicted molar refractivity (Wildman–Crippen MR) is 76.6 cm³/mol. The van der Waals surface area contributed by atoms with Gasteiger partial charge >= 0.3 is 12.2 Å². The number of aliphatic hydroxyl groups is 1. The molecule has 1 heterocycles. The van der Waals surface area contributed by atoms with Gasteiger partial charge in [0.2, 0.25) is 0 Å². The van der Waals surface area contributed by atoms with E-state index in [0.29, 0.717) is 13.1 Å². The number of rotatable bonds is 2. The molecular weight excluding hydrogens is 311 g/mol. The van der Waals surface area contributed by atoms with Crippen molar-refractivity contribution in [1.29, 1.82) is 5.26 Å². The van der Waals surface area contributed by atoms with Gasteiger partial charge in [-0.25, -0.2) is 4.79 Å². The Balaban J connectivity index is 2.14. The van der Waals surface area contributed by atoms with Gasteiger partial charge in [0.15, 0.2) is 0 Å². The molecule has 0 aliphatic carbocycles. The minimum absolute atomic E-state index is 0.0128. The first-order valence-electron chi connectivity index (χ1n) is 7.13. The molecule has 2 rings (SSSR count). The van der Waals surface area contributed by atoms with Crippen molar-refractivity contribution in [2.45, 2.75) is 19.0 Å². The number of carbonyl (C=O) groups is 1. The van der Waals surface area contributed by atoms with Crippen molar-refractivity contribution in [2.24, 2.45) is 5.92 Å². The molecule has 1 aliphatic heterocycles. The summed E-state index contributed by atoms with van der Waals surface area (Å²) in [5.41, 5.74) is -1.59. The van der Waals surface area contributed by atoms with Gasteiger partial charge in [-0.1, -0.05) is 0 Å². The third kappa shape index (κ3) is 4.13. The minimum atomic E-state index is -4.67. The second-order valence-electron chi connectivity index (χ2n) is 5.44. The van der Waals surface area contributed by atoms with Gasteiger partial charge in [0.25, 0.3) is 0 Å². The van der Waals surface area contributed by atoms with Gasteiger partial charge in [-0.3, -0.25) is 0 Å². The second-order valence-corrected chi connectivity index (χ2v) is 5.44. The number of nitrogens with one attached hydrogen (secondary N) is 1. The number of likely N-dealkylation sites (tertiary alicyclic amines) is 1. The number of carbonyl (C=O) groups excluding carboxylic acids is 1. The lowest BCUT2D eigenvalue weighted by molar-refractivity contribution is -0.137. The lowest BCUT2D eigenvalue weighted by Gasteiger charge is -2.31. The monoisotopic (exact) mass is 327 g/mol. The molecule has 2 N–H and O–H groups in total. The maximum atomic E-state index is 12.9. The Hall–Kier alpha value is -2.27. The number of amides is 2. The molecule has 5 nitrogen and oxygen atoms in total. The molecule has 0 spiro atoms. The molecule has 23 heavy (non-hydrogen) atoms. The average Bonchev–Trinajstić information content (AvgIpc) is 2.54. The highest BCUT2D eigenvalue weighted by atomic mass is 19.4. The Bertz CT molecular complexity index is 625. The fraction of sp³-hybridized carbons (Fsp3) is 0.467. The van der Waals surface area contributed by atoms with Crippen molar-refractivity contribution in [2.75, 3.05) is 25.0 Å². The molecule has 0 aromatic heterocycles. The summed E-state index contributed by atoms with van der Waals surface area (Å²) in [5.74, 6) is -0.0128. The first-order valence-corrected chi connectivity index (χ1v) is 7.13. The second kappa shape index (κ2) is 6.87. The van der Waals surface area contributed by atoms with E-state index in [0.717, 1.165) is 25.0 Å². The number of urea groups is 1. The zero-order chi connectivity index (χ0) is 17.0. The molecule has 124 valence electrons. The molecular formula is C15H16F3N3O2. The number of hydrogen-bond acceptors (Lipinski definition) is 3. The average molecular weight is 327 g/mol. The van der Waals surface area contributed by atoms with Crippen LogP contribution in [0.15, 0.2) is 18.2 Å². The molecule has 2 amide bonds. The van der Waals surface area contributed by atoms with Crippen molar-refractivity contribution in [3.8, 4) is 6.07 Å². The van der Waals surface area contributed by atoms with E-state index in [1.807, 2.05) is 0 Å². The van der Waals surface area contributed by atoms with Crippen LogP contribution >= 0.6 is 0 Å². The molecule has 1 saturated heterocycles. The summed E-state index contributed by atoms with van der Waals surface area (Å²) in [6, 6.07) is 4.03. The van der Waals surface area contributed by atoms with Gasteiger partial charge in [0.1, 0.15) is 0 Å². The molecule has 1 atom stereocenters. The summed E-state index contributed by atoms with van der Waals surface area (Å²) in [7, 11) is 0. The largest absolute Gasteiger partial charge is 0.417 e. The summed E-state index contributed by atoms with van der Waals surface area (Å²) in [6.45, 7) is 0.828. The highest BCUT2D eigenvalue weighted by Gasteiger charge is 2.34. The Morgan fingerprint density at radius 2 is 2.22 bits per heavy atom. The van der Waals surface area contributed by atoms with E-state index >= 15 is 0 Å². The summed E-state index contributed by atoms with van der Waals surface area (Å²) < 4.78 is 38.7. The minimum Gasteiger partial charge on any atom is -0.396 e. The van der Waals surface area contributed by atoms with E-state index in [-0.39, 0.29) is 18.2 Å². The van der Waals surface area contributed by atoms with Crippen molar-refractivity contribution < 1.29 is 23.1 Å². The van der Waals surface area contributed by atoms with Crippen molar-refractivity contribution in [3.63, 3.8) is 0 Å². The highest BCUT2D eigenvalue weighted by Crippen LogP contribution is 2.33. The van der Waals surface area contributed by atoms with Crippen LogP contribution in [-0.2, 0) is 6.18 Å². The number of nitrogens with zero attached hydrogens (tertiary/aromatic N) is 2. The van der Waals surface area contributed by atoms with E-state index < -0.39 is 23.3 Å². The lowest BCUT2D eigenvalue weighted by atomic mass is 9.99. The Morgan fingerprint density at radius 3 is 2.83 bits per heavy atom. The molecule has 0 unspecified atom stereocenters. The third-order valence-electron chi connectivity index (χ3n) is 3.76. The molecule has 0 radical (unpaired) electrons. The smallest absolute Gasteiger partial charge is 0.396 e. The van der Waals surface area contributed by atoms with Crippen LogP contribution in [-0.4, -0.2) is 35.7 Å². The zero-order valence-corrected chi connectivity index (χ0v) is 12.2. The number of hydrogen-bond donors (Lipinski definition) is 2. The Kier molecular flexibility index (Phi) is 5.11. The van der Waals surface area contributed by atoms with Crippen molar-refractivity contribution >= 4 is 11.7 Å². The molecule has 1 aromatic carbocycles. The van der Waals surface area contributed by atoms with Crippen LogP contribution in [0.2, 0.25) is 0 Å². The Labute approximate surface area is 131 Å². The van der Waals surface area contributed by atoms with Gasteiger partial charge in [0, 0.05) is 25.4 Å². The number of aliphatic hydroxyl groups excluding tert-OH is 1. The summed E-state index contributed by atoms with van der Waals surface area (Å²) in [6.07, 6.45) is -3.12. The molecule has 8 heteroatoms. The van der Waals surface area contributed by atoms with Gasteiger partial charge in [-0.15, -0.1) is 0 Å². The van der Waals surface area contributed by atoms with E-state index in [9.17, 15) is 18.0 Å². The quantitative estimate of drug-likeness (QED) is 0.877. The number of piperidine rings is 1. The number of halogens is 3. The zero-order valence-electron chi connectivity index (χ0n) is 12.2.